The molecule has 150 valence electrons. The van der Waals surface area contributed by atoms with Crippen molar-refractivity contribution in [3.8, 4) is 16.8 Å². The molecule has 1 aliphatic rings. The Balaban J connectivity index is 1.79. The Morgan fingerprint density at radius 2 is 1.81 bits per heavy atom. The average molecular weight is 427 g/mol. The van der Waals surface area contributed by atoms with Crippen LogP contribution in [-0.4, -0.2) is 15.4 Å². The van der Waals surface area contributed by atoms with Crippen molar-refractivity contribution in [1.82, 2.24) is 9.72 Å². The molecule has 5 rings (SSSR count). The highest BCUT2D eigenvalue weighted by Crippen LogP contribution is 2.34. The van der Waals surface area contributed by atoms with E-state index in [1.165, 1.54) is 0 Å². The fourth-order valence-electron chi connectivity index (χ4n) is 3.81. The van der Waals surface area contributed by atoms with Crippen molar-refractivity contribution < 1.29 is 4.52 Å². The van der Waals surface area contributed by atoms with Crippen molar-refractivity contribution >= 4 is 23.0 Å². The number of nitrogens with zero attached hydrogens (tertiary/aromatic N) is 4. The van der Waals surface area contributed by atoms with Gasteiger partial charge in [-0.1, -0.05) is 41.0 Å². The van der Waals surface area contributed by atoms with E-state index in [4.69, 9.17) is 27.7 Å². The second-order valence-electron chi connectivity index (χ2n) is 7.15. The first-order valence-corrected chi connectivity index (χ1v) is 9.94. The second-order valence-corrected chi connectivity index (χ2v) is 7.58. The molecule has 0 N–H and O–H groups in total. The number of aryl methyl sites for hydroxylation is 1. The number of aromatic nitrogens is 2. The Bertz CT molecular complexity index is 1440. The molecule has 31 heavy (non-hydrogen) atoms. The third kappa shape index (κ3) is 3.16. The first kappa shape index (κ1) is 19.0. The number of halogens is 1. The lowest BCUT2D eigenvalue weighted by Gasteiger charge is -2.14. The molecule has 0 fully saturated rings. The third-order valence-corrected chi connectivity index (χ3v) is 5.54. The zero-order valence-electron chi connectivity index (χ0n) is 16.5. The monoisotopic (exact) mass is 426 g/mol. The molecule has 7 heteroatoms. The van der Waals surface area contributed by atoms with E-state index < -0.39 is 0 Å². The molecule has 0 bridgehead atoms. The van der Waals surface area contributed by atoms with Crippen LogP contribution in [0, 0.1) is 13.5 Å². The lowest BCUT2D eigenvalue weighted by molar-refractivity contribution is 0.382. The molecule has 2 aromatic carbocycles. The van der Waals surface area contributed by atoms with Crippen molar-refractivity contribution in [3.05, 3.63) is 110 Å². The molecule has 6 nitrogen and oxygen atoms in total. The summed E-state index contributed by atoms with van der Waals surface area (Å²) in [6.07, 6.45) is 1.73. The molecule has 1 aliphatic heterocycles. The Kier molecular flexibility index (Phi) is 4.54. The van der Waals surface area contributed by atoms with Crippen molar-refractivity contribution in [2.24, 2.45) is 4.99 Å². The maximum absolute atomic E-state index is 13.8. The first-order valence-electron chi connectivity index (χ1n) is 9.56. The van der Waals surface area contributed by atoms with Crippen LogP contribution in [0.1, 0.15) is 22.6 Å². The van der Waals surface area contributed by atoms with Gasteiger partial charge in [-0.2, -0.15) is 0 Å². The molecule has 2 aromatic heterocycles. The Morgan fingerprint density at radius 1 is 1.06 bits per heavy atom. The van der Waals surface area contributed by atoms with Crippen LogP contribution >= 0.6 is 11.6 Å². The van der Waals surface area contributed by atoms with E-state index in [0.29, 0.717) is 39.1 Å². The minimum atomic E-state index is -0.213. The first-order chi connectivity index (χ1) is 15.1. The topological polar surface area (TPSA) is 64.8 Å². The van der Waals surface area contributed by atoms with Crippen LogP contribution in [0.5, 0.6) is 0 Å². The van der Waals surface area contributed by atoms with Gasteiger partial charge in [-0.15, -0.1) is 0 Å². The van der Waals surface area contributed by atoms with E-state index in [-0.39, 0.29) is 12.1 Å². The minimum Gasteiger partial charge on any atom is -0.358 e. The van der Waals surface area contributed by atoms with Gasteiger partial charge in [0.15, 0.2) is 11.4 Å². The summed E-state index contributed by atoms with van der Waals surface area (Å²) in [5.41, 5.74) is 5.06. The second kappa shape index (κ2) is 7.38. The normalized spacial score (nSPS) is 12.4. The van der Waals surface area contributed by atoms with Crippen molar-refractivity contribution in [2.45, 2.75) is 13.5 Å². The summed E-state index contributed by atoms with van der Waals surface area (Å²) >= 11 is 6.07. The Morgan fingerprint density at radius 3 is 2.52 bits per heavy atom. The smallest absolute Gasteiger partial charge is 0.265 e. The maximum Gasteiger partial charge on any atom is 0.265 e. The lowest BCUT2D eigenvalue weighted by Crippen LogP contribution is -2.26. The molecule has 4 aromatic rings. The van der Waals surface area contributed by atoms with Gasteiger partial charge >= 0.3 is 0 Å². The molecular formula is C24H15ClN4O2. The van der Waals surface area contributed by atoms with Crippen molar-refractivity contribution in [1.29, 1.82) is 0 Å². The van der Waals surface area contributed by atoms with Crippen molar-refractivity contribution in [2.75, 3.05) is 0 Å². The van der Waals surface area contributed by atoms with Crippen molar-refractivity contribution in [3.63, 3.8) is 0 Å². The molecule has 0 amide bonds. The van der Waals surface area contributed by atoms with Crippen LogP contribution in [0.15, 0.2) is 75.1 Å². The molecule has 0 radical (unpaired) electrons. The average Bonchev–Trinajstić information content (AvgIpc) is 3.06. The minimum absolute atomic E-state index is 0.213. The highest BCUT2D eigenvalue weighted by atomic mass is 35.5. The SMILES string of the molecule is [C-]#[N+]c1ccc(-n2ccc3c(c2=O)C(c2ccc(Cl)cc2)=NCc2onc(C)c2-3)cc1. The summed E-state index contributed by atoms with van der Waals surface area (Å²) in [6.45, 7) is 9.27. The largest absolute Gasteiger partial charge is 0.358 e. The number of pyridine rings is 1. The van der Waals surface area contributed by atoms with Gasteiger partial charge in [0.25, 0.3) is 5.56 Å². The van der Waals surface area contributed by atoms with Gasteiger partial charge in [0.1, 0.15) is 6.54 Å². The lowest BCUT2D eigenvalue weighted by atomic mass is 9.94. The van der Waals surface area contributed by atoms with Crippen LogP contribution in [0.3, 0.4) is 0 Å². The van der Waals surface area contributed by atoms with E-state index in [2.05, 4.69) is 10.0 Å². The van der Waals surface area contributed by atoms with Gasteiger partial charge in [0, 0.05) is 28.0 Å². The van der Waals surface area contributed by atoms with Gasteiger partial charge in [-0.3, -0.25) is 14.4 Å². The fourth-order valence-corrected chi connectivity index (χ4v) is 3.93. The van der Waals surface area contributed by atoms with Gasteiger partial charge in [-0.05, 0) is 37.3 Å². The van der Waals surface area contributed by atoms with Gasteiger partial charge in [0.2, 0.25) is 0 Å². The van der Waals surface area contributed by atoms with Gasteiger partial charge < -0.3 is 4.52 Å². The quantitative estimate of drug-likeness (QED) is 0.405. The number of hydrogen-bond donors (Lipinski definition) is 0. The zero-order valence-corrected chi connectivity index (χ0v) is 17.2. The predicted octanol–water partition coefficient (Wildman–Crippen LogP) is 5.36. The van der Waals surface area contributed by atoms with E-state index in [1.807, 2.05) is 25.1 Å². The molecule has 0 atom stereocenters. The van der Waals surface area contributed by atoms with Crippen LogP contribution in [0.4, 0.5) is 5.69 Å². The Labute approximate surface area is 182 Å². The number of aliphatic imine (C=N–C) groups is 1. The molecular weight excluding hydrogens is 412 g/mol. The number of fused-ring (bicyclic) bond motifs is 3. The summed E-state index contributed by atoms with van der Waals surface area (Å²) in [4.78, 5) is 21.9. The van der Waals surface area contributed by atoms with Crippen LogP contribution in [-0.2, 0) is 6.54 Å². The maximum atomic E-state index is 13.8. The van der Waals surface area contributed by atoms with E-state index in [1.54, 1.807) is 47.2 Å². The summed E-state index contributed by atoms with van der Waals surface area (Å²) in [6, 6.07) is 16.0. The summed E-state index contributed by atoms with van der Waals surface area (Å²) in [5, 5.41) is 4.69. The Hall–Kier alpha value is -3.95. The van der Waals surface area contributed by atoms with Gasteiger partial charge in [0.05, 0.1) is 29.1 Å². The summed E-state index contributed by atoms with van der Waals surface area (Å²) < 4.78 is 7.05. The molecule has 3 heterocycles. The van der Waals surface area contributed by atoms with Crippen LogP contribution < -0.4 is 5.56 Å². The van der Waals surface area contributed by atoms with E-state index in [0.717, 1.165) is 16.7 Å². The number of benzene rings is 2. The fraction of sp³-hybridized carbons (Fsp3) is 0.0833. The summed E-state index contributed by atoms with van der Waals surface area (Å²) in [7, 11) is 0. The third-order valence-electron chi connectivity index (χ3n) is 5.29. The summed E-state index contributed by atoms with van der Waals surface area (Å²) in [5.74, 6) is 0.626. The van der Waals surface area contributed by atoms with Crippen LogP contribution in [0.2, 0.25) is 5.02 Å². The molecule has 0 spiro atoms. The van der Waals surface area contributed by atoms with Gasteiger partial charge in [-0.25, -0.2) is 4.85 Å². The number of hydrogen-bond acceptors (Lipinski definition) is 4. The standard InChI is InChI=1S/C24H15ClN4O2/c1-14-21-19-11-12-29(18-9-7-17(26-2)8-10-18)24(30)22(19)23(27-13-20(21)31-28-14)15-3-5-16(25)6-4-15/h3-12H,13H2,1H3. The highest BCUT2D eigenvalue weighted by Gasteiger charge is 2.27. The van der Waals surface area contributed by atoms with Crippen LogP contribution in [0.25, 0.3) is 21.7 Å². The zero-order chi connectivity index (χ0) is 21.5. The predicted molar refractivity (Wildman–Crippen MR) is 119 cm³/mol. The van der Waals surface area contributed by atoms with E-state index in [9.17, 15) is 4.79 Å². The molecule has 0 aliphatic carbocycles. The molecule has 0 saturated carbocycles. The molecule has 0 unspecified atom stereocenters. The number of rotatable bonds is 2. The highest BCUT2D eigenvalue weighted by molar-refractivity contribution is 6.30. The van der Waals surface area contributed by atoms with E-state index >= 15 is 0 Å². The molecule has 0 saturated heterocycles.